The third-order valence-corrected chi connectivity index (χ3v) is 3.77. The molecule has 2 atom stereocenters. The molecular weight excluding hydrogens is 206 g/mol. The van der Waals surface area contributed by atoms with Gasteiger partial charge in [-0.2, -0.15) is 0 Å². The van der Waals surface area contributed by atoms with Crippen LogP contribution in [0.3, 0.4) is 0 Å². The molecule has 1 saturated heterocycles. The standard InChI is InChI=1S/C12H21NO3/c1-15-12(14)11(9-5-6-16-8-9)7-13-10-3-2-4-10/h9-11,13H,2-8H2,1H3. The normalized spacial score (nSPS) is 27.4. The van der Waals surface area contributed by atoms with Gasteiger partial charge in [0.1, 0.15) is 0 Å². The summed E-state index contributed by atoms with van der Waals surface area (Å²) in [5.74, 6) is 0.204. The third-order valence-electron chi connectivity index (χ3n) is 3.77. The van der Waals surface area contributed by atoms with E-state index in [1.807, 2.05) is 0 Å². The fourth-order valence-corrected chi connectivity index (χ4v) is 2.37. The SMILES string of the molecule is COC(=O)C(CNC1CCC1)C1CCOC1. The quantitative estimate of drug-likeness (QED) is 0.711. The number of hydrogen-bond acceptors (Lipinski definition) is 4. The Kier molecular flexibility index (Phi) is 4.18. The van der Waals surface area contributed by atoms with Gasteiger partial charge in [-0.05, 0) is 25.2 Å². The van der Waals surface area contributed by atoms with Crippen molar-refractivity contribution in [3.8, 4) is 0 Å². The summed E-state index contributed by atoms with van der Waals surface area (Å²) in [5, 5.41) is 3.45. The fraction of sp³-hybridized carbons (Fsp3) is 0.917. The molecule has 1 N–H and O–H groups in total. The number of hydrogen-bond donors (Lipinski definition) is 1. The van der Waals surface area contributed by atoms with Crippen LogP contribution in [0.2, 0.25) is 0 Å². The number of rotatable bonds is 5. The van der Waals surface area contributed by atoms with E-state index in [0.29, 0.717) is 18.6 Å². The number of methoxy groups -OCH3 is 1. The lowest BCUT2D eigenvalue weighted by molar-refractivity contribution is -0.147. The van der Waals surface area contributed by atoms with Crippen molar-refractivity contribution >= 4 is 5.97 Å². The third kappa shape index (κ3) is 2.74. The number of esters is 1. The molecule has 4 nitrogen and oxygen atoms in total. The highest BCUT2D eigenvalue weighted by molar-refractivity contribution is 5.73. The monoisotopic (exact) mass is 227 g/mol. The van der Waals surface area contributed by atoms with Crippen molar-refractivity contribution in [2.75, 3.05) is 26.9 Å². The summed E-state index contributed by atoms with van der Waals surface area (Å²) in [5.41, 5.74) is 0. The highest BCUT2D eigenvalue weighted by Gasteiger charge is 2.32. The van der Waals surface area contributed by atoms with Crippen LogP contribution in [0.15, 0.2) is 0 Å². The van der Waals surface area contributed by atoms with Gasteiger partial charge in [0.15, 0.2) is 0 Å². The Morgan fingerprint density at radius 2 is 2.31 bits per heavy atom. The Morgan fingerprint density at radius 1 is 1.50 bits per heavy atom. The molecule has 1 heterocycles. The molecule has 0 spiro atoms. The number of carbonyl (C=O) groups is 1. The summed E-state index contributed by atoms with van der Waals surface area (Å²) >= 11 is 0. The molecule has 1 saturated carbocycles. The fourth-order valence-electron chi connectivity index (χ4n) is 2.37. The average molecular weight is 227 g/mol. The van der Waals surface area contributed by atoms with E-state index in [2.05, 4.69) is 5.32 Å². The molecule has 2 rings (SSSR count). The molecule has 2 aliphatic rings. The molecule has 1 aliphatic carbocycles. The first-order chi connectivity index (χ1) is 7.81. The summed E-state index contributed by atoms with van der Waals surface area (Å²) in [6.07, 6.45) is 4.78. The molecule has 0 aromatic carbocycles. The van der Waals surface area contributed by atoms with Gasteiger partial charge in [0.05, 0.1) is 19.6 Å². The molecule has 0 aromatic heterocycles. The van der Waals surface area contributed by atoms with Crippen molar-refractivity contribution in [2.24, 2.45) is 11.8 Å². The summed E-state index contributed by atoms with van der Waals surface area (Å²) in [7, 11) is 1.47. The van der Waals surface area contributed by atoms with Crippen LogP contribution in [-0.4, -0.2) is 38.9 Å². The topological polar surface area (TPSA) is 47.6 Å². The molecule has 0 radical (unpaired) electrons. The molecule has 0 bridgehead atoms. The minimum absolute atomic E-state index is 0.0342. The maximum absolute atomic E-state index is 11.7. The second-order valence-corrected chi connectivity index (χ2v) is 4.79. The second kappa shape index (κ2) is 5.64. The van der Waals surface area contributed by atoms with Crippen LogP contribution >= 0.6 is 0 Å². The Hall–Kier alpha value is -0.610. The lowest BCUT2D eigenvalue weighted by Crippen LogP contribution is -2.42. The van der Waals surface area contributed by atoms with Gasteiger partial charge >= 0.3 is 5.97 Å². The zero-order valence-corrected chi connectivity index (χ0v) is 9.91. The zero-order chi connectivity index (χ0) is 11.4. The highest BCUT2D eigenvalue weighted by atomic mass is 16.5. The Morgan fingerprint density at radius 3 is 2.81 bits per heavy atom. The Labute approximate surface area is 96.7 Å². The average Bonchev–Trinajstić information content (AvgIpc) is 2.74. The molecule has 2 unspecified atom stereocenters. The molecule has 1 aliphatic heterocycles. The van der Waals surface area contributed by atoms with E-state index >= 15 is 0 Å². The van der Waals surface area contributed by atoms with Crippen molar-refractivity contribution in [1.29, 1.82) is 0 Å². The van der Waals surface area contributed by atoms with E-state index in [1.165, 1.54) is 26.4 Å². The van der Waals surface area contributed by atoms with Crippen molar-refractivity contribution in [2.45, 2.75) is 31.7 Å². The van der Waals surface area contributed by atoms with Crippen LogP contribution in [0.5, 0.6) is 0 Å². The van der Waals surface area contributed by atoms with E-state index in [1.54, 1.807) is 0 Å². The number of nitrogens with one attached hydrogen (secondary N) is 1. The van der Waals surface area contributed by atoms with Crippen LogP contribution in [-0.2, 0) is 14.3 Å². The van der Waals surface area contributed by atoms with Crippen molar-refractivity contribution < 1.29 is 14.3 Å². The van der Waals surface area contributed by atoms with E-state index in [9.17, 15) is 4.79 Å². The van der Waals surface area contributed by atoms with Crippen LogP contribution in [0, 0.1) is 11.8 Å². The Bertz CT molecular complexity index is 234. The smallest absolute Gasteiger partial charge is 0.310 e. The van der Waals surface area contributed by atoms with Gasteiger partial charge in [-0.3, -0.25) is 4.79 Å². The molecule has 0 amide bonds. The summed E-state index contributed by atoms with van der Waals surface area (Å²) in [6.45, 7) is 2.22. The van der Waals surface area contributed by atoms with Crippen molar-refractivity contribution in [3.63, 3.8) is 0 Å². The first-order valence-corrected chi connectivity index (χ1v) is 6.20. The number of ether oxygens (including phenoxy) is 2. The largest absolute Gasteiger partial charge is 0.469 e. The van der Waals surface area contributed by atoms with Crippen molar-refractivity contribution in [1.82, 2.24) is 5.32 Å². The lowest BCUT2D eigenvalue weighted by atomic mass is 9.89. The maximum Gasteiger partial charge on any atom is 0.310 e. The second-order valence-electron chi connectivity index (χ2n) is 4.79. The summed E-state index contributed by atoms with van der Waals surface area (Å²) in [4.78, 5) is 11.7. The maximum atomic E-state index is 11.7. The minimum atomic E-state index is -0.0951. The summed E-state index contributed by atoms with van der Waals surface area (Å²) < 4.78 is 10.2. The minimum Gasteiger partial charge on any atom is -0.469 e. The molecule has 16 heavy (non-hydrogen) atoms. The Balaban J connectivity index is 1.82. The lowest BCUT2D eigenvalue weighted by Gasteiger charge is -2.29. The van der Waals surface area contributed by atoms with E-state index in [4.69, 9.17) is 9.47 Å². The van der Waals surface area contributed by atoms with E-state index in [0.717, 1.165) is 19.6 Å². The van der Waals surface area contributed by atoms with Gasteiger partial charge in [0, 0.05) is 19.2 Å². The van der Waals surface area contributed by atoms with Gasteiger partial charge in [-0.25, -0.2) is 0 Å². The van der Waals surface area contributed by atoms with Crippen LogP contribution < -0.4 is 5.32 Å². The first kappa shape index (κ1) is 11.9. The molecular formula is C12H21NO3. The summed E-state index contributed by atoms with van der Waals surface area (Å²) in [6, 6.07) is 0.620. The predicted molar refractivity (Wildman–Crippen MR) is 60.1 cm³/mol. The molecule has 4 heteroatoms. The van der Waals surface area contributed by atoms with Gasteiger partial charge < -0.3 is 14.8 Å². The predicted octanol–water partition coefficient (Wildman–Crippen LogP) is 0.954. The molecule has 92 valence electrons. The van der Waals surface area contributed by atoms with Gasteiger partial charge in [0.25, 0.3) is 0 Å². The first-order valence-electron chi connectivity index (χ1n) is 6.20. The van der Waals surface area contributed by atoms with Crippen molar-refractivity contribution in [3.05, 3.63) is 0 Å². The van der Waals surface area contributed by atoms with Crippen LogP contribution in [0.25, 0.3) is 0 Å². The van der Waals surface area contributed by atoms with E-state index in [-0.39, 0.29) is 11.9 Å². The van der Waals surface area contributed by atoms with Gasteiger partial charge in [0.2, 0.25) is 0 Å². The van der Waals surface area contributed by atoms with Gasteiger partial charge in [-0.15, -0.1) is 0 Å². The molecule has 2 fully saturated rings. The highest BCUT2D eigenvalue weighted by Crippen LogP contribution is 2.24. The number of carbonyl (C=O) groups excluding carboxylic acids is 1. The van der Waals surface area contributed by atoms with Crippen LogP contribution in [0.4, 0.5) is 0 Å². The zero-order valence-electron chi connectivity index (χ0n) is 9.91. The van der Waals surface area contributed by atoms with Gasteiger partial charge in [-0.1, -0.05) is 6.42 Å². The van der Waals surface area contributed by atoms with E-state index < -0.39 is 0 Å². The van der Waals surface area contributed by atoms with Crippen LogP contribution in [0.1, 0.15) is 25.7 Å². The molecule has 0 aromatic rings.